The van der Waals surface area contributed by atoms with E-state index in [9.17, 15) is 9.59 Å². The molecule has 0 unspecified atom stereocenters. The number of carbonyl (C=O) groups is 2. The van der Waals surface area contributed by atoms with Gasteiger partial charge in [0.1, 0.15) is 17.9 Å². The second kappa shape index (κ2) is 6.97. The summed E-state index contributed by atoms with van der Waals surface area (Å²) in [6.07, 6.45) is -0.671. The molecule has 0 saturated heterocycles. The SMILES string of the molecule is COc1ccccc1CN(CC(=O)O)C(=O)OC(C)(C)C. The number of benzene rings is 1. The summed E-state index contributed by atoms with van der Waals surface area (Å²) < 4.78 is 10.4. The van der Waals surface area contributed by atoms with Gasteiger partial charge in [0.15, 0.2) is 0 Å². The summed E-state index contributed by atoms with van der Waals surface area (Å²) in [5.74, 6) is -0.507. The number of amides is 1. The van der Waals surface area contributed by atoms with Crippen LogP contribution in [0.4, 0.5) is 4.79 Å². The molecule has 0 saturated carbocycles. The third-order valence-electron chi connectivity index (χ3n) is 2.53. The van der Waals surface area contributed by atoms with Gasteiger partial charge in [-0.3, -0.25) is 9.69 Å². The molecule has 0 aromatic heterocycles. The van der Waals surface area contributed by atoms with Crippen LogP contribution in [0.25, 0.3) is 0 Å². The van der Waals surface area contributed by atoms with E-state index in [0.717, 1.165) is 4.90 Å². The molecular formula is C15H21NO5. The van der Waals surface area contributed by atoms with E-state index in [4.69, 9.17) is 14.6 Å². The van der Waals surface area contributed by atoms with Gasteiger partial charge in [0, 0.05) is 5.56 Å². The fourth-order valence-electron chi connectivity index (χ4n) is 1.71. The lowest BCUT2D eigenvalue weighted by atomic mass is 10.2. The quantitative estimate of drug-likeness (QED) is 0.903. The first kappa shape index (κ1) is 16.8. The molecule has 116 valence electrons. The summed E-state index contributed by atoms with van der Waals surface area (Å²) >= 11 is 0. The van der Waals surface area contributed by atoms with E-state index in [1.54, 1.807) is 45.0 Å². The number of carbonyl (C=O) groups excluding carboxylic acids is 1. The predicted molar refractivity (Wildman–Crippen MR) is 77.3 cm³/mol. The fraction of sp³-hybridized carbons (Fsp3) is 0.467. The van der Waals surface area contributed by atoms with Crippen LogP contribution in [0.3, 0.4) is 0 Å². The van der Waals surface area contributed by atoms with Crippen molar-refractivity contribution in [3.8, 4) is 5.75 Å². The van der Waals surface area contributed by atoms with Crippen LogP contribution >= 0.6 is 0 Å². The maximum Gasteiger partial charge on any atom is 0.411 e. The Morgan fingerprint density at radius 1 is 1.24 bits per heavy atom. The van der Waals surface area contributed by atoms with E-state index in [-0.39, 0.29) is 6.54 Å². The van der Waals surface area contributed by atoms with Gasteiger partial charge in [-0.05, 0) is 26.8 Å². The van der Waals surface area contributed by atoms with Gasteiger partial charge >= 0.3 is 12.1 Å². The first-order valence-corrected chi connectivity index (χ1v) is 6.54. The Kier molecular flexibility index (Phi) is 5.58. The zero-order chi connectivity index (χ0) is 16.0. The molecule has 0 aliphatic heterocycles. The molecule has 0 fully saturated rings. The lowest BCUT2D eigenvalue weighted by Crippen LogP contribution is -2.39. The molecule has 1 amide bonds. The molecular weight excluding hydrogens is 274 g/mol. The number of nitrogens with zero attached hydrogens (tertiary/aromatic N) is 1. The molecule has 0 bridgehead atoms. The van der Waals surface area contributed by atoms with E-state index in [1.165, 1.54) is 7.11 Å². The van der Waals surface area contributed by atoms with E-state index in [2.05, 4.69) is 0 Å². The monoisotopic (exact) mass is 295 g/mol. The van der Waals surface area contributed by atoms with Crippen LogP contribution in [0, 0.1) is 0 Å². The number of rotatable bonds is 5. The van der Waals surface area contributed by atoms with Crippen LogP contribution in [0.15, 0.2) is 24.3 Å². The number of hydrogen-bond donors (Lipinski definition) is 1. The number of para-hydroxylation sites is 1. The van der Waals surface area contributed by atoms with Gasteiger partial charge in [-0.25, -0.2) is 4.79 Å². The number of aliphatic carboxylic acids is 1. The number of ether oxygens (including phenoxy) is 2. The van der Waals surface area contributed by atoms with Crippen LogP contribution < -0.4 is 4.74 Å². The van der Waals surface area contributed by atoms with Crippen molar-refractivity contribution in [2.75, 3.05) is 13.7 Å². The Bertz CT molecular complexity index is 507. The second-order valence-electron chi connectivity index (χ2n) is 5.54. The minimum Gasteiger partial charge on any atom is -0.496 e. The van der Waals surface area contributed by atoms with Crippen molar-refractivity contribution >= 4 is 12.1 Å². The highest BCUT2D eigenvalue weighted by Crippen LogP contribution is 2.20. The number of hydrogen-bond acceptors (Lipinski definition) is 4. The Morgan fingerprint density at radius 3 is 2.38 bits per heavy atom. The van der Waals surface area contributed by atoms with Crippen molar-refractivity contribution < 1.29 is 24.2 Å². The molecule has 6 heteroatoms. The zero-order valence-electron chi connectivity index (χ0n) is 12.8. The highest BCUT2D eigenvalue weighted by atomic mass is 16.6. The van der Waals surface area contributed by atoms with Gasteiger partial charge in [0.25, 0.3) is 0 Å². The lowest BCUT2D eigenvalue weighted by Gasteiger charge is -2.26. The van der Waals surface area contributed by atoms with Gasteiger partial charge in [-0.1, -0.05) is 18.2 Å². The fourth-order valence-corrected chi connectivity index (χ4v) is 1.71. The Hall–Kier alpha value is -2.24. The molecule has 0 aliphatic carbocycles. The minimum absolute atomic E-state index is 0.102. The molecule has 1 N–H and O–H groups in total. The zero-order valence-corrected chi connectivity index (χ0v) is 12.8. The molecule has 6 nitrogen and oxygen atoms in total. The Balaban J connectivity index is 2.92. The van der Waals surface area contributed by atoms with Crippen molar-refractivity contribution in [3.05, 3.63) is 29.8 Å². The molecule has 1 aromatic carbocycles. The average molecular weight is 295 g/mol. The van der Waals surface area contributed by atoms with Crippen molar-refractivity contribution in [1.82, 2.24) is 4.90 Å². The van der Waals surface area contributed by atoms with Crippen LogP contribution in [-0.4, -0.2) is 41.3 Å². The molecule has 21 heavy (non-hydrogen) atoms. The number of carboxylic acid groups (broad SMARTS) is 1. The molecule has 0 atom stereocenters. The summed E-state index contributed by atoms with van der Waals surface area (Å²) in [6.45, 7) is 4.85. The summed E-state index contributed by atoms with van der Waals surface area (Å²) in [7, 11) is 1.52. The summed E-state index contributed by atoms with van der Waals surface area (Å²) in [5.41, 5.74) is 0.0290. The topological polar surface area (TPSA) is 76.1 Å². The lowest BCUT2D eigenvalue weighted by molar-refractivity contribution is -0.138. The molecule has 0 heterocycles. The minimum atomic E-state index is -1.10. The summed E-state index contributed by atoms with van der Waals surface area (Å²) in [6, 6.07) is 7.13. The standard InChI is InChI=1S/C15H21NO5/c1-15(2,3)21-14(19)16(10-13(17)18)9-11-7-5-6-8-12(11)20-4/h5-8H,9-10H2,1-4H3,(H,17,18). The Labute approximate surface area is 124 Å². The normalized spacial score (nSPS) is 10.9. The first-order valence-electron chi connectivity index (χ1n) is 6.54. The predicted octanol–water partition coefficient (Wildman–Crippen LogP) is 2.52. The number of methoxy groups -OCH3 is 1. The van der Waals surface area contributed by atoms with Crippen molar-refractivity contribution in [1.29, 1.82) is 0 Å². The smallest absolute Gasteiger partial charge is 0.411 e. The third-order valence-corrected chi connectivity index (χ3v) is 2.53. The van der Waals surface area contributed by atoms with Gasteiger partial charge in [-0.2, -0.15) is 0 Å². The van der Waals surface area contributed by atoms with Crippen LogP contribution in [0.1, 0.15) is 26.3 Å². The van der Waals surface area contributed by atoms with Crippen LogP contribution in [-0.2, 0) is 16.1 Å². The van der Waals surface area contributed by atoms with E-state index in [0.29, 0.717) is 11.3 Å². The first-order chi connectivity index (χ1) is 9.73. The van der Waals surface area contributed by atoms with Gasteiger partial charge in [0.05, 0.1) is 13.7 Å². The van der Waals surface area contributed by atoms with E-state index < -0.39 is 24.2 Å². The highest BCUT2D eigenvalue weighted by Gasteiger charge is 2.24. The van der Waals surface area contributed by atoms with Gasteiger partial charge in [0.2, 0.25) is 0 Å². The summed E-state index contributed by atoms with van der Waals surface area (Å²) in [5, 5.41) is 8.95. The maximum absolute atomic E-state index is 12.1. The molecule has 1 rings (SSSR count). The second-order valence-corrected chi connectivity index (χ2v) is 5.54. The molecule has 0 spiro atoms. The van der Waals surface area contributed by atoms with Gasteiger partial charge < -0.3 is 14.6 Å². The van der Waals surface area contributed by atoms with E-state index in [1.807, 2.05) is 0 Å². The summed E-state index contributed by atoms with van der Waals surface area (Å²) in [4.78, 5) is 24.2. The van der Waals surface area contributed by atoms with Gasteiger partial charge in [-0.15, -0.1) is 0 Å². The number of carboxylic acids is 1. The van der Waals surface area contributed by atoms with Crippen molar-refractivity contribution in [3.63, 3.8) is 0 Å². The highest BCUT2D eigenvalue weighted by molar-refractivity contribution is 5.77. The van der Waals surface area contributed by atoms with Crippen LogP contribution in [0.2, 0.25) is 0 Å². The average Bonchev–Trinajstić information content (AvgIpc) is 2.36. The molecule has 0 aliphatic rings. The van der Waals surface area contributed by atoms with Crippen LogP contribution in [0.5, 0.6) is 5.75 Å². The largest absolute Gasteiger partial charge is 0.496 e. The molecule has 0 radical (unpaired) electrons. The van der Waals surface area contributed by atoms with Crippen molar-refractivity contribution in [2.24, 2.45) is 0 Å². The third kappa shape index (κ3) is 5.72. The van der Waals surface area contributed by atoms with Crippen molar-refractivity contribution in [2.45, 2.75) is 32.9 Å². The Morgan fingerprint density at radius 2 is 1.86 bits per heavy atom. The maximum atomic E-state index is 12.1. The molecule has 1 aromatic rings. The van der Waals surface area contributed by atoms with E-state index >= 15 is 0 Å².